The van der Waals surface area contributed by atoms with Gasteiger partial charge in [0.25, 0.3) is 0 Å². The van der Waals surface area contributed by atoms with Crippen LogP contribution in [-0.4, -0.2) is 42.9 Å². The molecule has 0 unspecified atom stereocenters. The zero-order valence-electron chi connectivity index (χ0n) is 11.4. The zero-order chi connectivity index (χ0) is 13.8. The van der Waals surface area contributed by atoms with Crippen LogP contribution in [0.15, 0.2) is 12.1 Å². The first-order valence-corrected chi connectivity index (χ1v) is 6.57. The Labute approximate surface area is 113 Å². The van der Waals surface area contributed by atoms with E-state index in [1.54, 1.807) is 19.1 Å². The molecule has 104 valence electrons. The summed E-state index contributed by atoms with van der Waals surface area (Å²) in [5.41, 5.74) is 0.790. The molecule has 0 aliphatic heterocycles. The number of ether oxygens (including phenoxy) is 1. The number of carboxylic acids is 1. The van der Waals surface area contributed by atoms with E-state index in [0.29, 0.717) is 12.3 Å². The number of hydrogen-bond donors (Lipinski definition) is 1. The highest BCUT2D eigenvalue weighted by Crippen LogP contribution is 2.28. The Morgan fingerprint density at radius 3 is 2.84 bits per heavy atom. The quantitative estimate of drug-likeness (QED) is 0.763. The molecule has 19 heavy (non-hydrogen) atoms. The van der Waals surface area contributed by atoms with Gasteiger partial charge >= 0.3 is 5.97 Å². The van der Waals surface area contributed by atoms with E-state index >= 15 is 0 Å². The third-order valence-electron chi connectivity index (χ3n) is 3.31. The number of carbonyl (C=O) groups is 1. The largest absolute Gasteiger partial charge is 0.478 e. The van der Waals surface area contributed by atoms with E-state index in [1.807, 2.05) is 11.9 Å². The first-order valence-electron chi connectivity index (χ1n) is 6.57. The summed E-state index contributed by atoms with van der Waals surface area (Å²) >= 11 is 0. The van der Waals surface area contributed by atoms with Gasteiger partial charge in [-0.2, -0.15) is 0 Å². The van der Waals surface area contributed by atoms with Crippen LogP contribution in [0.1, 0.15) is 28.9 Å². The Kier molecular flexibility index (Phi) is 4.37. The summed E-state index contributed by atoms with van der Waals surface area (Å²) in [7, 11) is 1.93. The van der Waals surface area contributed by atoms with Crippen molar-refractivity contribution >= 4 is 11.8 Å². The minimum Gasteiger partial charge on any atom is -0.478 e. The van der Waals surface area contributed by atoms with E-state index in [2.05, 4.69) is 4.98 Å². The van der Waals surface area contributed by atoms with Crippen molar-refractivity contribution in [2.75, 3.05) is 31.7 Å². The lowest BCUT2D eigenvalue weighted by Gasteiger charge is -2.19. The second-order valence-electron chi connectivity index (χ2n) is 5.05. The summed E-state index contributed by atoms with van der Waals surface area (Å²) in [6, 6.07) is 3.33. The van der Waals surface area contributed by atoms with E-state index in [4.69, 9.17) is 9.84 Å². The Morgan fingerprint density at radius 2 is 2.26 bits per heavy atom. The van der Waals surface area contributed by atoms with Crippen LogP contribution in [0, 0.1) is 12.8 Å². The van der Waals surface area contributed by atoms with Crippen LogP contribution < -0.4 is 4.90 Å². The van der Waals surface area contributed by atoms with Crippen molar-refractivity contribution in [3.8, 4) is 0 Å². The van der Waals surface area contributed by atoms with Crippen molar-refractivity contribution in [1.82, 2.24) is 4.98 Å². The summed E-state index contributed by atoms with van der Waals surface area (Å²) in [4.78, 5) is 17.2. The van der Waals surface area contributed by atoms with Crippen LogP contribution in [0.4, 0.5) is 5.82 Å². The maximum absolute atomic E-state index is 10.9. The van der Waals surface area contributed by atoms with Gasteiger partial charge in [-0.3, -0.25) is 0 Å². The maximum atomic E-state index is 10.9. The predicted octanol–water partition coefficient (Wildman–Crippen LogP) is 1.95. The van der Waals surface area contributed by atoms with Gasteiger partial charge in [-0.05, 0) is 37.8 Å². The van der Waals surface area contributed by atoms with Crippen LogP contribution in [0.3, 0.4) is 0 Å². The summed E-state index contributed by atoms with van der Waals surface area (Å²) < 4.78 is 5.58. The van der Waals surface area contributed by atoms with Gasteiger partial charge < -0.3 is 14.7 Å². The number of aromatic carboxylic acids is 1. The number of pyridine rings is 1. The molecule has 1 aromatic heterocycles. The summed E-state index contributed by atoms with van der Waals surface area (Å²) in [6.07, 6.45) is 2.60. The van der Waals surface area contributed by atoms with Gasteiger partial charge in [0.05, 0.1) is 17.9 Å². The Hall–Kier alpha value is -1.62. The molecular weight excluding hydrogens is 244 g/mol. The maximum Gasteiger partial charge on any atom is 0.337 e. The molecule has 0 aromatic carbocycles. The smallest absolute Gasteiger partial charge is 0.337 e. The molecule has 0 atom stereocenters. The number of aromatic nitrogens is 1. The minimum absolute atomic E-state index is 0.252. The molecule has 0 radical (unpaired) electrons. The summed E-state index contributed by atoms with van der Waals surface area (Å²) in [5.74, 6) is 0.616. The molecule has 0 spiro atoms. The molecule has 1 saturated carbocycles. The van der Waals surface area contributed by atoms with Crippen molar-refractivity contribution in [2.24, 2.45) is 5.92 Å². The molecule has 5 nitrogen and oxygen atoms in total. The van der Waals surface area contributed by atoms with E-state index in [1.165, 1.54) is 12.8 Å². The van der Waals surface area contributed by atoms with Crippen molar-refractivity contribution in [2.45, 2.75) is 19.8 Å². The van der Waals surface area contributed by atoms with E-state index in [9.17, 15) is 4.79 Å². The SMILES string of the molecule is Cc1nc(N(C)CCOCC2CC2)ccc1C(=O)O. The fraction of sp³-hybridized carbons (Fsp3) is 0.571. The van der Waals surface area contributed by atoms with Crippen molar-refractivity contribution in [3.05, 3.63) is 23.4 Å². The zero-order valence-corrected chi connectivity index (χ0v) is 11.4. The Morgan fingerprint density at radius 1 is 1.53 bits per heavy atom. The molecule has 1 aliphatic rings. The third-order valence-corrected chi connectivity index (χ3v) is 3.31. The number of hydrogen-bond acceptors (Lipinski definition) is 4. The average Bonchev–Trinajstić information content (AvgIpc) is 3.17. The number of nitrogens with zero attached hydrogens (tertiary/aromatic N) is 2. The van der Waals surface area contributed by atoms with Gasteiger partial charge in [0.15, 0.2) is 0 Å². The molecule has 0 amide bonds. The first-order chi connectivity index (χ1) is 9.08. The molecule has 1 fully saturated rings. The molecular formula is C14H20N2O3. The predicted molar refractivity (Wildman–Crippen MR) is 72.7 cm³/mol. The number of anilines is 1. The standard InChI is InChI=1S/C14H20N2O3/c1-10-12(14(17)18)5-6-13(15-10)16(2)7-8-19-9-11-3-4-11/h5-6,11H,3-4,7-9H2,1-2H3,(H,17,18). The van der Waals surface area contributed by atoms with Gasteiger partial charge in [0.1, 0.15) is 5.82 Å². The van der Waals surface area contributed by atoms with Gasteiger partial charge in [-0.25, -0.2) is 9.78 Å². The highest BCUT2D eigenvalue weighted by atomic mass is 16.5. The molecule has 5 heteroatoms. The number of carboxylic acid groups (broad SMARTS) is 1. The topological polar surface area (TPSA) is 62.7 Å². The molecule has 1 heterocycles. The van der Waals surface area contributed by atoms with E-state index < -0.39 is 5.97 Å². The lowest BCUT2D eigenvalue weighted by molar-refractivity contribution is 0.0695. The monoisotopic (exact) mass is 264 g/mol. The first kappa shape index (κ1) is 13.8. The normalized spacial score (nSPS) is 14.4. The van der Waals surface area contributed by atoms with Crippen LogP contribution >= 0.6 is 0 Å². The van der Waals surface area contributed by atoms with Crippen LogP contribution in [0.25, 0.3) is 0 Å². The summed E-state index contributed by atoms with van der Waals surface area (Å²) in [5, 5.41) is 8.95. The molecule has 0 bridgehead atoms. The van der Waals surface area contributed by atoms with Crippen molar-refractivity contribution in [3.63, 3.8) is 0 Å². The van der Waals surface area contributed by atoms with Gasteiger partial charge in [0.2, 0.25) is 0 Å². The lowest BCUT2D eigenvalue weighted by atomic mass is 10.2. The fourth-order valence-electron chi connectivity index (χ4n) is 1.84. The number of rotatable bonds is 7. The third kappa shape index (κ3) is 3.92. The highest BCUT2D eigenvalue weighted by Gasteiger charge is 2.21. The Bertz CT molecular complexity index is 458. The number of aryl methyl sites for hydroxylation is 1. The molecule has 1 N–H and O–H groups in total. The van der Waals surface area contributed by atoms with E-state index in [0.717, 1.165) is 24.9 Å². The van der Waals surface area contributed by atoms with Crippen LogP contribution in [0.2, 0.25) is 0 Å². The van der Waals surface area contributed by atoms with E-state index in [-0.39, 0.29) is 5.56 Å². The van der Waals surface area contributed by atoms with Crippen molar-refractivity contribution in [1.29, 1.82) is 0 Å². The number of likely N-dealkylation sites (N-methyl/N-ethyl adjacent to an activating group) is 1. The van der Waals surface area contributed by atoms with Gasteiger partial charge in [-0.1, -0.05) is 0 Å². The second-order valence-corrected chi connectivity index (χ2v) is 5.05. The van der Waals surface area contributed by atoms with Gasteiger partial charge in [0, 0.05) is 20.2 Å². The van der Waals surface area contributed by atoms with Crippen LogP contribution in [0.5, 0.6) is 0 Å². The second kappa shape index (κ2) is 6.02. The highest BCUT2D eigenvalue weighted by molar-refractivity contribution is 5.89. The molecule has 0 saturated heterocycles. The molecule has 1 aliphatic carbocycles. The molecule has 2 rings (SSSR count). The van der Waals surface area contributed by atoms with Crippen molar-refractivity contribution < 1.29 is 14.6 Å². The summed E-state index contributed by atoms with van der Waals surface area (Å²) in [6.45, 7) is 4.00. The minimum atomic E-state index is -0.938. The lowest BCUT2D eigenvalue weighted by Crippen LogP contribution is -2.24. The molecule has 1 aromatic rings. The van der Waals surface area contributed by atoms with Gasteiger partial charge in [-0.15, -0.1) is 0 Å². The Balaban J connectivity index is 1.85. The van der Waals surface area contributed by atoms with Crippen LogP contribution in [-0.2, 0) is 4.74 Å². The average molecular weight is 264 g/mol. The fourth-order valence-corrected chi connectivity index (χ4v) is 1.84.